The number of rotatable bonds is 3. The third-order valence-corrected chi connectivity index (χ3v) is 3.36. The minimum absolute atomic E-state index is 0.0716. The number of piperazine rings is 1. The lowest BCUT2D eigenvalue weighted by molar-refractivity contribution is -0.134. The first-order valence-electron chi connectivity index (χ1n) is 6.41. The summed E-state index contributed by atoms with van der Waals surface area (Å²) < 4.78 is 5.39. The molecule has 1 amide bonds. The van der Waals surface area contributed by atoms with Crippen molar-refractivity contribution < 1.29 is 9.53 Å². The predicted octanol–water partition coefficient (Wildman–Crippen LogP) is 1.58. The second kappa shape index (κ2) is 5.87. The summed E-state index contributed by atoms with van der Waals surface area (Å²) in [7, 11) is 1.67. The van der Waals surface area contributed by atoms with Gasteiger partial charge in [-0.1, -0.05) is 25.1 Å². The van der Waals surface area contributed by atoms with Gasteiger partial charge in [-0.2, -0.15) is 0 Å². The maximum atomic E-state index is 12.0. The summed E-state index contributed by atoms with van der Waals surface area (Å²) in [5.41, 5.74) is 1.08. The van der Waals surface area contributed by atoms with Gasteiger partial charge in [-0.05, 0) is 6.07 Å². The highest BCUT2D eigenvalue weighted by atomic mass is 16.5. The van der Waals surface area contributed by atoms with Crippen molar-refractivity contribution in [3.8, 4) is 5.75 Å². The van der Waals surface area contributed by atoms with Gasteiger partial charge in [0, 0.05) is 31.6 Å². The van der Waals surface area contributed by atoms with Crippen molar-refractivity contribution in [1.29, 1.82) is 0 Å². The monoisotopic (exact) mass is 248 g/mol. The van der Waals surface area contributed by atoms with Crippen LogP contribution in [0.25, 0.3) is 0 Å². The zero-order valence-electron chi connectivity index (χ0n) is 11.0. The van der Waals surface area contributed by atoms with E-state index in [9.17, 15) is 4.79 Å². The number of nitrogens with one attached hydrogen (secondary N) is 1. The Morgan fingerprint density at radius 2 is 2.28 bits per heavy atom. The zero-order chi connectivity index (χ0) is 13.0. The van der Waals surface area contributed by atoms with Gasteiger partial charge in [0.15, 0.2) is 0 Å². The minimum atomic E-state index is 0.0716. The van der Waals surface area contributed by atoms with E-state index in [0.29, 0.717) is 6.42 Å². The molecule has 0 saturated carbocycles. The Balaban J connectivity index is 2.30. The molecule has 0 spiro atoms. The molecule has 0 aromatic heterocycles. The highest BCUT2D eigenvalue weighted by molar-refractivity contribution is 5.76. The van der Waals surface area contributed by atoms with Gasteiger partial charge >= 0.3 is 0 Å². The van der Waals surface area contributed by atoms with E-state index in [4.69, 9.17) is 4.74 Å². The number of ether oxygens (including phenoxy) is 1. The number of hydrogen-bond donors (Lipinski definition) is 1. The smallest absolute Gasteiger partial charge is 0.222 e. The fourth-order valence-electron chi connectivity index (χ4n) is 2.43. The normalized spacial score (nSPS) is 19.7. The lowest BCUT2D eigenvalue weighted by Crippen LogP contribution is -2.48. The summed E-state index contributed by atoms with van der Waals surface area (Å²) in [5.74, 6) is 1.05. The molecule has 4 heteroatoms. The minimum Gasteiger partial charge on any atom is -0.496 e. The number of carbonyl (C=O) groups is 1. The van der Waals surface area contributed by atoms with Crippen molar-refractivity contribution in [2.45, 2.75) is 19.4 Å². The molecular formula is C14H20N2O2. The first kappa shape index (κ1) is 12.9. The van der Waals surface area contributed by atoms with Crippen molar-refractivity contribution in [3.05, 3.63) is 29.8 Å². The van der Waals surface area contributed by atoms with Gasteiger partial charge in [-0.25, -0.2) is 0 Å². The Bertz CT molecular complexity index is 420. The SMILES string of the molecule is CCC(=O)N1CCNCC1c1ccccc1OC. The van der Waals surface area contributed by atoms with Crippen LogP contribution in [-0.4, -0.2) is 37.6 Å². The lowest BCUT2D eigenvalue weighted by Gasteiger charge is -2.37. The molecule has 1 aliphatic heterocycles. The largest absolute Gasteiger partial charge is 0.496 e. The molecule has 1 aliphatic rings. The molecule has 1 fully saturated rings. The van der Waals surface area contributed by atoms with Gasteiger partial charge in [-0.15, -0.1) is 0 Å². The molecule has 1 unspecified atom stereocenters. The number of benzene rings is 1. The van der Waals surface area contributed by atoms with Crippen molar-refractivity contribution >= 4 is 5.91 Å². The van der Waals surface area contributed by atoms with E-state index < -0.39 is 0 Å². The van der Waals surface area contributed by atoms with Crippen molar-refractivity contribution in [3.63, 3.8) is 0 Å². The number of nitrogens with zero attached hydrogens (tertiary/aromatic N) is 1. The Morgan fingerprint density at radius 1 is 1.50 bits per heavy atom. The van der Waals surface area contributed by atoms with Gasteiger partial charge in [0.2, 0.25) is 5.91 Å². The maximum absolute atomic E-state index is 12.0. The number of amides is 1. The molecule has 1 aromatic rings. The van der Waals surface area contributed by atoms with Gasteiger partial charge in [0.25, 0.3) is 0 Å². The van der Waals surface area contributed by atoms with Gasteiger partial charge in [0.05, 0.1) is 13.2 Å². The number of para-hydroxylation sites is 1. The Labute approximate surface area is 108 Å². The third-order valence-electron chi connectivity index (χ3n) is 3.36. The quantitative estimate of drug-likeness (QED) is 0.883. The third kappa shape index (κ3) is 2.48. The highest BCUT2D eigenvalue weighted by Gasteiger charge is 2.28. The number of hydrogen-bond acceptors (Lipinski definition) is 3. The van der Waals surface area contributed by atoms with Crippen LogP contribution < -0.4 is 10.1 Å². The molecule has 1 N–H and O–H groups in total. The summed E-state index contributed by atoms with van der Waals surface area (Å²) in [6.07, 6.45) is 0.547. The molecule has 18 heavy (non-hydrogen) atoms. The van der Waals surface area contributed by atoms with Crippen LogP contribution in [0.15, 0.2) is 24.3 Å². The van der Waals surface area contributed by atoms with Crippen LogP contribution in [0, 0.1) is 0 Å². The number of methoxy groups -OCH3 is 1. The average Bonchev–Trinajstić information content (AvgIpc) is 2.46. The molecule has 1 atom stereocenters. The molecule has 0 bridgehead atoms. The molecule has 98 valence electrons. The summed E-state index contributed by atoms with van der Waals surface area (Å²) >= 11 is 0. The van der Waals surface area contributed by atoms with Gasteiger partial charge < -0.3 is 15.0 Å². The molecule has 0 radical (unpaired) electrons. The first-order valence-corrected chi connectivity index (χ1v) is 6.41. The van der Waals surface area contributed by atoms with Crippen LogP contribution in [0.1, 0.15) is 24.9 Å². The van der Waals surface area contributed by atoms with E-state index in [1.807, 2.05) is 36.1 Å². The lowest BCUT2D eigenvalue weighted by atomic mass is 10.0. The molecule has 1 heterocycles. The van der Waals surface area contributed by atoms with E-state index in [2.05, 4.69) is 5.32 Å². The second-order valence-electron chi connectivity index (χ2n) is 4.40. The van der Waals surface area contributed by atoms with Crippen LogP contribution in [0.4, 0.5) is 0 Å². The Morgan fingerprint density at radius 3 is 3.00 bits per heavy atom. The molecule has 2 rings (SSSR count). The van der Waals surface area contributed by atoms with Crippen LogP contribution in [0.5, 0.6) is 5.75 Å². The zero-order valence-corrected chi connectivity index (χ0v) is 11.0. The highest BCUT2D eigenvalue weighted by Crippen LogP contribution is 2.30. The molecule has 1 saturated heterocycles. The summed E-state index contributed by atoms with van der Waals surface area (Å²) in [5, 5.41) is 3.34. The molecule has 0 aliphatic carbocycles. The van der Waals surface area contributed by atoms with Crippen LogP contribution in [-0.2, 0) is 4.79 Å². The van der Waals surface area contributed by atoms with Crippen LogP contribution >= 0.6 is 0 Å². The van der Waals surface area contributed by atoms with Gasteiger partial charge in [0.1, 0.15) is 5.75 Å². The molecular weight excluding hydrogens is 228 g/mol. The average molecular weight is 248 g/mol. The second-order valence-corrected chi connectivity index (χ2v) is 4.40. The summed E-state index contributed by atoms with van der Waals surface area (Å²) in [4.78, 5) is 14.0. The van der Waals surface area contributed by atoms with Crippen molar-refractivity contribution in [2.24, 2.45) is 0 Å². The van der Waals surface area contributed by atoms with Crippen LogP contribution in [0.2, 0.25) is 0 Å². The number of carbonyl (C=O) groups excluding carboxylic acids is 1. The summed E-state index contributed by atoms with van der Waals surface area (Å²) in [6, 6.07) is 7.98. The van der Waals surface area contributed by atoms with E-state index in [-0.39, 0.29) is 11.9 Å². The fraction of sp³-hybridized carbons (Fsp3) is 0.500. The standard InChI is InChI=1S/C14H20N2O2/c1-3-14(17)16-9-8-15-10-12(16)11-6-4-5-7-13(11)18-2/h4-7,12,15H,3,8-10H2,1-2H3. The summed E-state index contributed by atoms with van der Waals surface area (Å²) in [6.45, 7) is 4.31. The molecule has 1 aromatic carbocycles. The topological polar surface area (TPSA) is 41.6 Å². The van der Waals surface area contributed by atoms with E-state index in [1.165, 1.54) is 0 Å². The Kier molecular flexibility index (Phi) is 4.20. The van der Waals surface area contributed by atoms with Crippen molar-refractivity contribution in [2.75, 3.05) is 26.7 Å². The van der Waals surface area contributed by atoms with E-state index in [1.54, 1.807) is 7.11 Å². The van der Waals surface area contributed by atoms with E-state index >= 15 is 0 Å². The van der Waals surface area contributed by atoms with Crippen LogP contribution in [0.3, 0.4) is 0 Å². The van der Waals surface area contributed by atoms with Gasteiger partial charge in [-0.3, -0.25) is 4.79 Å². The molecule has 4 nitrogen and oxygen atoms in total. The predicted molar refractivity (Wildman–Crippen MR) is 70.6 cm³/mol. The van der Waals surface area contributed by atoms with Crippen molar-refractivity contribution in [1.82, 2.24) is 10.2 Å². The Hall–Kier alpha value is -1.55. The first-order chi connectivity index (χ1) is 8.77. The fourth-order valence-corrected chi connectivity index (χ4v) is 2.43. The maximum Gasteiger partial charge on any atom is 0.222 e. The van der Waals surface area contributed by atoms with E-state index in [0.717, 1.165) is 30.9 Å².